The van der Waals surface area contributed by atoms with Gasteiger partial charge in [-0.2, -0.15) is 0 Å². The van der Waals surface area contributed by atoms with Crippen LogP contribution in [0.1, 0.15) is 58.0 Å². The van der Waals surface area contributed by atoms with Crippen molar-refractivity contribution in [2.75, 3.05) is 21.2 Å². The van der Waals surface area contributed by atoms with Gasteiger partial charge < -0.3 is 14.2 Å². The maximum atomic E-state index is 13.0. The van der Waals surface area contributed by atoms with E-state index in [1.54, 1.807) is 18.3 Å². The Bertz CT molecular complexity index is 871. The van der Waals surface area contributed by atoms with Crippen LogP contribution in [0, 0.1) is 0 Å². The third-order valence-electron chi connectivity index (χ3n) is 5.18. The van der Waals surface area contributed by atoms with Crippen LogP contribution in [0.3, 0.4) is 0 Å². The molecule has 5 nitrogen and oxygen atoms in total. The Hall–Kier alpha value is -2.56. The Morgan fingerprint density at radius 1 is 1.23 bits per heavy atom. The SMILES string of the molecule is COC(=O)c1ccc2c(C3CCCC3)c(C(=O)C=CN(C)C)n(C)c2c1. The lowest BCUT2D eigenvalue weighted by Crippen LogP contribution is -2.10. The number of carbonyl (C=O) groups excluding carboxylic acids is 2. The van der Waals surface area contributed by atoms with Crippen LogP contribution in [0.2, 0.25) is 0 Å². The molecule has 1 fully saturated rings. The molecule has 1 heterocycles. The number of fused-ring (bicyclic) bond motifs is 1. The number of esters is 1. The van der Waals surface area contributed by atoms with Gasteiger partial charge in [0.1, 0.15) is 0 Å². The van der Waals surface area contributed by atoms with Crippen molar-refractivity contribution in [3.63, 3.8) is 0 Å². The molecule has 138 valence electrons. The zero-order valence-electron chi connectivity index (χ0n) is 15.9. The van der Waals surface area contributed by atoms with E-state index in [4.69, 9.17) is 4.74 Å². The molecule has 1 saturated carbocycles. The van der Waals surface area contributed by atoms with E-state index >= 15 is 0 Å². The first-order valence-electron chi connectivity index (χ1n) is 9.03. The summed E-state index contributed by atoms with van der Waals surface area (Å²) in [5.74, 6) is 0.0317. The van der Waals surface area contributed by atoms with Crippen molar-refractivity contribution in [1.82, 2.24) is 9.47 Å². The minimum absolute atomic E-state index is 0.00100. The van der Waals surface area contributed by atoms with Gasteiger partial charge in [-0.25, -0.2) is 4.79 Å². The summed E-state index contributed by atoms with van der Waals surface area (Å²) in [7, 11) is 7.07. The summed E-state index contributed by atoms with van der Waals surface area (Å²) < 4.78 is 6.77. The van der Waals surface area contributed by atoms with Gasteiger partial charge in [-0.3, -0.25) is 4.79 Å². The van der Waals surface area contributed by atoms with Crippen molar-refractivity contribution in [3.05, 3.63) is 47.3 Å². The molecule has 0 radical (unpaired) electrons. The minimum atomic E-state index is -0.365. The van der Waals surface area contributed by atoms with E-state index in [1.807, 2.05) is 42.7 Å². The third kappa shape index (κ3) is 3.26. The smallest absolute Gasteiger partial charge is 0.337 e. The normalized spacial score (nSPS) is 15.1. The number of hydrogen-bond acceptors (Lipinski definition) is 4. The van der Waals surface area contributed by atoms with Gasteiger partial charge in [-0.15, -0.1) is 0 Å². The number of aromatic nitrogens is 1. The van der Waals surface area contributed by atoms with Gasteiger partial charge >= 0.3 is 5.97 Å². The molecule has 1 aromatic carbocycles. The highest BCUT2D eigenvalue weighted by Gasteiger charge is 2.28. The number of carbonyl (C=O) groups is 2. The lowest BCUT2D eigenvalue weighted by atomic mass is 9.93. The molecule has 0 aliphatic heterocycles. The second-order valence-corrected chi connectivity index (χ2v) is 7.17. The van der Waals surface area contributed by atoms with Gasteiger partial charge in [-0.05, 0) is 36.5 Å². The minimum Gasteiger partial charge on any atom is -0.465 e. The summed E-state index contributed by atoms with van der Waals surface area (Å²) in [5, 5.41) is 1.06. The fourth-order valence-corrected chi connectivity index (χ4v) is 3.93. The monoisotopic (exact) mass is 354 g/mol. The fraction of sp³-hybridized carbons (Fsp3) is 0.429. The lowest BCUT2D eigenvalue weighted by molar-refractivity contribution is 0.0601. The molecule has 3 rings (SSSR count). The molecule has 0 saturated heterocycles. The first-order chi connectivity index (χ1) is 12.4. The average molecular weight is 354 g/mol. The van der Waals surface area contributed by atoms with E-state index in [1.165, 1.54) is 20.0 Å². The average Bonchev–Trinajstić information content (AvgIpc) is 3.25. The molecule has 0 atom stereocenters. The van der Waals surface area contributed by atoms with E-state index in [9.17, 15) is 9.59 Å². The van der Waals surface area contributed by atoms with E-state index in [0.717, 1.165) is 35.0 Å². The molecule has 2 aromatic rings. The van der Waals surface area contributed by atoms with E-state index < -0.39 is 0 Å². The number of hydrogen-bond donors (Lipinski definition) is 0. The van der Waals surface area contributed by atoms with E-state index in [-0.39, 0.29) is 11.8 Å². The Morgan fingerprint density at radius 2 is 1.92 bits per heavy atom. The van der Waals surface area contributed by atoms with Crippen molar-refractivity contribution >= 4 is 22.7 Å². The highest BCUT2D eigenvalue weighted by Crippen LogP contribution is 2.41. The molecule has 0 unspecified atom stereocenters. The van der Waals surface area contributed by atoms with Gasteiger partial charge in [-0.1, -0.05) is 18.9 Å². The zero-order valence-corrected chi connectivity index (χ0v) is 15.9. The molecule has 1 aliphatic rings. The van der Waals surface area contributed by atoms with Crippen LogP contribution in [0.5, 0.6) is 0 Å². The van der Waals surface area contributed by atoms with Crippen molar-refractivity contribution in [2.24, 2.45) is 7.05 Å². The highest BCUT2D eigenvalue weighted by molar-refractivity contribution is 6.09. The summed E-state index contributed by atoms with van der Waals surface area (Å²) >= 11 is 0. The van der Waals surface area contributed by atoms with Crippen LogP contribution < -0.4 is 0 Å². The Kier molecular flexibility index (Phi) is 5.16. The standard InChI is InChI=1S/C21H26N2O3/c1-22(2)12-11-18(24)20-19(14-7-5-6-8-14)16-10-9-15(21(25)26-4)13-17(16)23(20)3/h9-14H,5-8H2,1-4H3. The first-order valence-corrected chi connectivity index (χ1v) is 9.03. The first kappa shape index (κ1) is 18.2. The van der Waals surface area contributed by atoms with E-state index in [0.29, 0.717) is 11.5 Å². The maximum Gasteiger partial charge on any atom is 0.337 e. The molecular formula is C21H26N2O3. The number of benzene rings is 1. The van der Waals surface area contributed by atoms with Crippen LogP contribution in [-0.4, -0.2) is 42.4 Å². The number of ketones is 1. The summed E-state index contributed by atoms with van der Waals surface area (Å²) in [6.07, 6.45) is 8.00. The molecule has 5 heteroatoms. The number of allylic oxidation sites excluding steroid dienone is 1. The quantitative estimate of drug-likeness (QED) is 0.464. The van der Waals surface area contributed by atoms with Crippen LogP contribution in [0.4, 0.5) is 0 Å². The Balaban J connectivity index is 2.20. The molecular weight excluding hydrogens is 328 g/mol. The van der Waals surface area contributed by atoms with Gasteiger partial charge in [0.15, 0.2) is 0 Å². The van der Waals surface area contributed by atoms with Gasteiger partial charge in [0.25, 0.3) is 0 Å². The van der Waals surface area contributed by atoms with Gasteiger partial charge in [0, 0.05) is 44.3 Å². The number of rotatable bonds is 5. The second-order valence-electron chi connectivity index (χ2n) is 7.17. The van der Waals surface area contributed by atoms with Crippen molar-refractivity contribution < 1.29 is 14.3 Å². The Morgan fingerprint density at radius 3 is 2.54 bits per heavy atom. The van der Waals surface area contributed by atoms with Crippen molar-refractivity contribution in [2.45, 2.75) is 31.6 Å². The predicted octanol–water partition coefficient (Wildman–Crippen LogP) is 3.88. The number of methoxy groups -OCH3 is 1. The molecule has 1 aliphatic carbocycles. The topological polar surface area (TPSA) is 51.5 Å². The van der Waals surface area contributed by atoms with Crippen LogP contribution in [0.15, 0.2) is 30.5 Å². The number of nitrogens with zero attached hydrogens (tertiary/aromatic N) is 2. The van der Waals surface area contributed by atoms with Crippen LogP contribution >= 0.6 is 0 Å². The third-order valence-corrected chi connectivity index (χ3v) is 5.18. The van der Waals surface area contributed by atoms with Crippen molar-refractivity contribution in [3.8, 4) is 0 Å². The largest absolute Gasteiger partial charge is 0.465 e. The second kappa shape index (κ2) is 7.36. The summed E-state index contributed by atoms with van der Waals surface area (Å²) in [4.78, 5) is 26.7. The van der Waals surface area contributed by atoms with Gasteiger partial charge in [0.2, 0.25) is 5.78 Å². The molecule has 0 N–H and O–H groups in total. The van der Waals surface area contributed by atoms with Crippen molar-refractivity contribution in [1.29, 1.82) is 0 Å². The van der Waals surface area contributed by atoms with Crippen LogP contribution in [0.25, 0.3) is 10.9 Å². The zero-order chi connectivity index (χ0) is 18.8. The maximum absolute atomic E-state index is 13.0. The molecule has 1 aromatic heterocycles. The number of ether oxygens (including phenoxy) is 1. The van der Waals surface area contributed by atoms with Crippen LogP contribution in [-0.2, 0) is 11.8 Å². The lowest BCUT2D eigenvalue weighted by Gasteiger charge is -2.12. The number of aryl methyl sites for hydroxylation is 1. The molecule has 26 heavy (non-hydrogen) atoms. The molecule has 0 amide bonds. The fourth-order valence-electron chi connectivity index (χ4n) is 3.93. The summed E-state index contributed by atoms with van der Waals surface area (Å²) in [6, 6.07) is 5.57. The summed E-state index contributed by atoms with van der Waals surface area (Å²) in [6.45, 7) is 0. The Labute approximate surface area is 154 Å². The van der Waals surface area contributed by atoms with E-state index in [2.05, 4.69) is 0 Å². The molecule has 0 spiro atoms. The highest BCUT2D eigenvalue weighted by atomic mass is 16.5. The molecule has 0 bridgehead atoms. The predicted molar refractivity (Wildman–Crippen MR) is 103 cm³/mol. The summed E-state index contributed by atoms with van der Waals surface area (Å²) in [5.41, 5.74) is 3.26. The van der Waals surface area contributed by atoms with Gasteiger partial charge in [0.05, 0.1) is 18.4 Å².